The van der Waals surface area contributed by atoms with Crippen LogP contribution in [0.5, 0.6) is 0 Å². The second kappa shape index (κ2) is 7.91. The summed E-state index contributed by atoms with van der Waals surface area (Å²) in [5.41, 5.74) is 3.55. The molecule has 3 aromatic rings. The molecule has 4 rings (SSSR count). The van der Waals surface area contributed by atoms with Crippen LogP contribution >= 0.6 is 0 Å². The van der Waals surface area contributed by atoms with Crippen molar-refractivity contribution >= 4 is 11.9 Å². The molecule has 1 aliphatic rings. The molecule has 2 aromatic carbocycles. The molecular weight excluding hydrogens is 366 g/mol. The SMILES string of the molecule is Cc1ccccc1-c1nn(-c2ccccc2)cc1C(=O)O[C@@H](C)C(=O)NC1CC1. The summed E-state index contributed by atoms with van der Waals surface area (Å²) < 4.78 is 7.13. The molecule has 1 atom stereocenters. The van der Waals surface area contributed by atoms with Crippen LogP contribution in [0.15, 0.2) is 60.8 Å². The van der Waals surface area contributed by atoms with Gasteiger partial charge in [-0.15, -0.1) is 0 Å². The third kappa shape index (κ3) is 4.21. The predicted octanol–water partition coefficient (Wildman–Crippen LogP) is 3.67. The van der Waals surface area contributed by atoms with Gasteiger partial charge in [-0.3, -0.25) is 4.79 Å². The first-order valence-corrected chi connectivity index (χ1v) is 9.75. The molecule has 1 amide bonds. The molecule has 6 heteroatoms. The van der Waals surface area contributed by atoms with Crippen molar-refractivity contribution in [3.05, 3.63) is 71.9 Å². The molecule has 1 N–H and O–H groups in total. The highest BCUT2D eigenvalue weighted by Crippen LogP contribution is 2.27. The van der Waals surface area contributed by atoms with E-state index in [4.69, 9.17) is 4.74 Å². The van der Waals surface area contributed by atoms with Gasteiger partial charge < -0.3 is 10.1 Å². The van der Waals surface area contributed by atoms with E-state index in [1.807, 2.05) is 61.5 Å². The van der Waals surface area contributed by atoms with Gasteiger partial charge in [0.15, 0.2) is 6.10 Å². The van der Waals surface area contributed by atoms with E-state index in [1.165, 1.54) is 0 Å². The van der Waals surface area contributed by atoms with E-state index < -0.39 is 12.1 Å². The van der Waals surface area contributed by atoms with Crippen LogP contribution < -0.4 is 5.32 Å². The summed E-state index contributed by atoms with van der Waals surface area (Å²) in [4.78, 5) is 25.1. The Labute approximate surface area is 169 Å². The van der Waals surface area contributed by atoms with Crippen molar-refractivity contribution in [2.75, 3.05) is 0 Å². The van der Waals surface area contributed by atoms with Gasteiger partial charge in [0.05, 0.1) is 5.69 Å². The maximum atomic E-state index is 13.0. The van der Waals surface area contributed by atoms with E-state index in [0.717, 1.165) is 29.7 Å². The van der Waals surface area contributed by atoms with Crippen LogP contribution in [0, 0.1) is 6.92 Å². The fourth-order valence-electron chi connectivity index (χ4n) is 3.10. The first-order chi connectivity index (χ1) is 14.0. The number of nitrogens with zero attached hydrogens (tertiary/aromatic N) is 2. The van der Waals surface area contributed by atoms with Crippen molar-refractivity contribution in [2.24, 2.45) is 0 Å². The maximum Gasteiger partial charge on any atom is 0.342 e. The molecule has 29 heavy (non-hydrogen) atoms. The number of hydrogen-bond acceptors (Lipinski definition) is 4. The Hall–Kier alpha value is -3.41. The standard InChI is InChI=1S/C23H23N3O3/c1-15-8-6-7-11-19(15)21-20(14-26(25-21)18-9-4-3-5-10-18)23(28)29-16(2)22(27)24-17-12-13-17/h3-11,14,16-17H,12-13H2,1-2H3,(H,24,27)/t16-/m0/s1. The minimum absolute atomic E-state index is 0.215. The van der Waals surface area contributed by atoms with Crippen LogP contribution in [0.1, 0.15) is 35.7 Å². The normalized spacial score (nSPS) is 14.3. The van der Waals surface area contributed by atoms with Crippen LogP contribution in [0.4, 0.5) is 0 Å². The average Bonchev–Trinajstić information content (AvgIpc) is 3.43. The van der Waals surface area contributed by atoms with E-state index in [2.05, 4.69) is 10.4 Å². The Balaban J connectivity index is 1.67. The van der Waals surface area contributed by atoms with Gasteiger partial charge in [-0.25, -0.2) is 9.48 Å². The molecule has 0 aliphatic heterocycles. The van der Waals surface area contributed by atoms with Gasteiger partial charge in [0, 0.05) is 17.8 Å². The number of rotatable bonds is 6. The third-order valence-corrected chi connectivity index (χ3v) is 4.93. The van der Waals surface area contributed by atoms with Gasteiger partial charge in [-0.1, -0.05) is 42.5 Å². The zero-order valence-electron chi connectivity index (χ0n) is 16.5. The van der Waals surface area contributed by atoms with Crippen molar-refractivity contribution in [1.82, 2.24) is 15.1 Å². The van der Waals surface area contributed by atoms with Crippen LogP contribution in [0.2, 0.25) is 0 Å². The lowest BCUT2D eigenvalue weighted by atomic mass is 10.0. The first kappa shape index (κ1) is 18.9. The summed E-state index contributed by atoms with van der Waals surface area (Å²) >= 11 is 0. The molecule has 0 bridgehead atoms. The van der Waals surface area contributed by atoms with E-state index in [1.54, 1.807) is 17.8 Å². The molecule has 1 aromatic heterocycles. The fourth-order valence-corrected chi connectivity index (χ4v) is 3.10. The number of amides is 1. The maximum absolute atomic E-state index is 13.0. The minimum Gasteiger partial charge on any atom is -0.449 e. The lowest BCUT2D eigenvalue weighted by Gasteiger charge is -2.13. The Kier molecular flexibility index (Phi) is 5.16. The number of aryl methyl sites for hydroxylation is 1. The largest absolute Gasteiger partial charge is 0.449 e. The van der Waals surface area contributed by atoms with Crippen molar-refractivity contribution in [3.8, 4) is 16.9 Å². The van der Waals surface area contributed by atoms with E-state index in [-0.39, 0.29) is 11.9 Å². The van der Waals surface area contributed by atoms with Crippen molar-refractivity contribution < 1.29 is 14.3 Å². The number of esters is 1. The van der Waals surface area contributed by atoms with E-state index >= 15 is 0 Å². The summed E-state index contributed by atoms with van der Waals surface area (Å²) in [6.45, 7) is 3.56. The quantitative estimate of drug-likeness (QED) is 0.653. The van der Waals surface area contributed by atoms with E-state index in [0.29, 0.717) is 11.3 Å². The topological polar surface area (TPSA) is 73.2 Å². The summed E-state index contributed by atoms with van der Waals surface area (Å²) in [5.74, 6) is -0.836. The van der Waals surface area contributed by atoms with Gasteiger partial charge in [-0.2, -0.15) is 5.10 Å². The van der Waals surface area contributed by atoms with Crippen molar-refractivity contribution in [1.29, 1.82) is 0 Å². The van der Waals surface area contributed by atoms with Gasteiger partial charge in [0.25, 0.3) is 5.91 Å². The van der Waals surface area contributed by atoms with Crippen LogP contribution in [0.3, 0.4) is 0 Å². The van der Waals surface area contributed by atoms with Gasteiger partial charge in [-0.05, 0) is 44.4 Å². The lowest BCUT2D eigenvalue weighted by Crippen LogP contribution is -2.37. The Bertz CT molecular complexity index is 1040. The molecule has 1 fully saturated rings. The molecule has 1 aliphatic carbocycles. The molecule has 1 heterocycles. The van der Waals surface area contributed by atoms with Crippen LogP contribution in [-0.2, 0) is 9.53 Å². The first-order valence-electron chi connectivity index (χ1n) is 9.75. The zero-order valence-corrected chi connectivity index (χ0v) is 16.5. The number of hydrogen-bond donors (Lipinski definition) is 1. The second-order valence-corrected chi connectivity index (χ2v) is 7.32. The summed E-state index contributed by atoms with van der Waals surface area (Å²) in [6.07, 6.45) is 2.75. The smallest absolute Gasteiger partial charge is 0.342 e. The monoisotopic (exact) mass is 389 g/mol. The number of benzene rings is 2. The molecule has 1 saturated carbocycles. The number of para-hydroxylation sites is 1. The summed E-state index contributed by atoms with van der Waals surface area (Å²) in [6, 6.07) is 17.5. The number of ether oxygens (including phenoxy) is 1. The lowest BCUT2D eigenvalue weighted by molar-refractivity contribution is -0.129. The molecule has 0 radical (unpaired) electrons. The van der Waals surface area contributed by atoms with Gasteiger partial charge in [0.1, 0.15) is 11.3 Å². The molecule has 0 spiro atoms. The summed E-state index contributed by atoms with van der Waals surface area (Å²) in [5, 5.41) is 7.52. The Morgan fingerprint density at radius 2 is 1.79 bits per heavy atom. The highest BCUT2D eigenvalue weighted by Gasteiger charge is 2.29. The van der Waals surface area contributed by atoms with Crippen molar-refractivity contribution in [2.45, 2.75) is 38.8 Å². The van der Waals surface area contributed by atoms with E-state index in [9.17, 15) is 9.59 Å². The number of carbonyl (C=O) groups is 2. The van der Waals surface area contributed by atoms with Crippen LogP contribution in [0.25, 0.3) is 16.9 Å². The second-order valence-electron chi connectivity index (χ2n) is 7.32. The summed E-state index contributed by atoms with van der Waals surface area (Å²) in [7, 11) is 0. The number of nitrogens with one attached hydrogen (secondary N) is 1. The van der Waals surface area contributed by atoms with Gasteiger partial charge >= 0.3 is 5.97 Å². The fraction of sp³-hybridized carbons (Fsp3) is 0.261. The average molecular weight is 389 g/mol. The van der Waals surface area contributed by atoms with Crippen molar-refractivity contribution in [3.63, 3.8) is 0 Å². The Morgan fingerprint density at radius 1 is 1.10 bits per heavy atom. The third-order valence-electron chi connectivity index (χ3n) is 4.93. The number of aromatic nitrogens is 2. The number of carbonyl (C=O) groups excluding carboxylic acids is 2. The predicted molar refractivity (Wildman–Crippen MR) is 110 cm³/mol. The molecule has 0 unspecified atom stereocenters. The highest BCUT2D eigenvalue weighted by molar-refractivity contribution is 5.98. The molecule has 6 nitrogen and oxygen atoms in total. The van der Waals surface area contributed by atoms with Crippen LogP contribution in [-0.4, -0.2) is 33.8 Å². The van der Waals surface area contributed by atoms with Gasteiger partial charge in [0.2, 0.25) is 0 Å². The highest BCUT2D eigenvalue weighted by atomic mass is 16.5. The molecule has 0 saturated heterocycles. The zero-order chi connectivity index (χ0) is 20.4. The Morgan fingerprint density at radius 3 is 2.48 bits per heavy atom. The molecule has 148 valence electrons. The molecular formula is C23H23N3O3. The minimum atomic E-state index is -0.868.